The highest BCUT2D eigenvalue weighted by atomic mass is 16.2. The van der Waals surface area contributed by atoms with Gasteiger partial charge in [0.2, 0.25) is 0 Å². The molecule has 2 amide bonds. The van der Waals surface area contributed by atoms with E-state index >= 15 is 0 Å². The zero-order valence-electron chi connectivity index (χ0n) is 11.6. The molecule has 2 fully saturated rings. The highest BCUT2D eigenvalue weighted by Gasteiger charge is 2.30. The first-order chi connectivity index (χ1) is 8.81. The van der Waals surface area contributed by atoms with Gasteiger partial charge in [0.1, 0.15) is 0 Å². The molecule has 0 aromatic heterocycles. The molecule has 0 aliphatic carbocycles. The average molecular weight is 253 g/mol. The third kappa shape index (κ3) is 3.61. The van der Waals surface area contributed by atoms with Gasteiger partial charge in [0, 0.05) is 25.7 Å². The van der Waals surface area contributed by atoms with Gasteiger partial charge in [-0.05, 0) is 44.6 Å². The summed E-state index contributed by atoms with van der Waals surface area (Å²) in [4.78, 5) is 14.0. The quantitative estimate of drug-likeness (QED) is 0.752. The Morgan fingerprint density at radius 3 is 3.00 bits per heavy atom. The van der Waals surface area contributed by atoms with Crippen molar-refractivity contribution in [1.82, 2.24) is 15.5 Å². The van der Waals surface area contributed by atoms with Crippen LogP contribution in [0.15, 0.2) is 0 Å². The molecule has 0 aromatic carbocycles. The summed E-state index contributed by atoms with van der Waals surface area (Å²) in [7, 11) is 0. The summed E-state index contributed by atoms with van der Waals surface area (Å²) in [5.74, 6) is 0.665. The van der Waals surface area contributed by atoms with Crippen molar-refractivity contribution in [2.24, 2.45) is 5.92 Å². The van der Waals surface area contributed by atoms with Crippen LogP contribution in [0.3, 0.4) is 0 Å². The molecule has 2 unspecified atom stereocenters. The maximum absolute atomic E-state index is 12.0. The number of urea groups is 1. The Hall–Kier alpha value is -0.770. The number of amides is 2. The first-order valence-corrected chi connectivity index (χ1v) is 7.57. The van der Waals surface area contributed by atoms with E-state index in [2.05, 4.69) is 17.6 Å². The molecule has 0 spiro atoms. The minimum atomic E-state index is 0.145. The molecule has 4 heteroatoms. The summed E-state index contributed by atoms with van der Waals surface area (Å²) in [6, 6.07) is 0.794. The van der Waals surface area contributed by atoms with Gasteiger partial charge in [0.25, 0.3) is 0 Å². The van der Waals surface area contributed by atoms with Crippen LogP contribution in [-0.2, 0) is 0 Å². The molecule has 2 atom stereocenters. The highest BCUT2D eigenvalue weighted by molar-refractivity contribution is 5.74. The summed E-state index contributed by atoms with van der Waals surface area (Å²) in [5, 5.41) is 6.61. The molecule has 4 nitrogen and oxygen atoms in total. The second-order valence-electron chi connectivity index (χ2n) is 5.64. The Bertz CT molecular complexity index is 264. The van der Waals surface area contributed by atoms with Gasteiger partial charge in [-0.3, -0.25) is 0 Å². The number of unbranched alkanes of at least 4 members (excludes halogenated alkanes) is 1. The standard InChI is InChI=1S/C14H27N3O/c1-2-3-8-16-14(18)17-10-5-6-12(11-17)13-7-4-9-15-13/h12-13,15H,2-11H2,1H3,(H,16,18). The van der Waals surface area contributed by atoms with Gasteiger partial charge < -0.3 is 15.5 Å². The van der Waals surface area contributed by atoms with Crippen LogP contribution in [0, 0.1) is 5.92 Å². The van der Waals surface area contributed by atoms with E-state index < -0.39 is 0 Å². The fourth-order valence-electron chi connectivity index (χ4n) is 3.12. The lowest BCUT2D eigenvalue weighted by atomic mass is 9.90. The summed E-state index contributed by atoms with van der Waals surface area (Å²) in [6.07, 6.45) is 7.22. The predicted octanol–water partition coefficient (Wildman–Crippen LogP) is 1.96. The lowest BCUT2D eigenvalue weighted by molar-refractivity contribution is 0.153. The predicted molar refractivity (Wildman–Crippen MR) is 73.6 cm³/mol. The maximum atomic E-state index is 12.0. The molecule has 0 saturated carbocycles. The normalized spacial score (nSPS) is 28.4. The van der Waals surface area contributed by atoms with E-state index in [9.17, 15) is 4.79 Å². The van der Waals surface area contributed by atoms with Crippen LogP contribution in [0.4, 0.5) is 4.79 Å². The topological polar surface area (TPSA) is 44.4 Å². The largest absolute Gasteiger partial charge is 0.338 e. The third-order valence-corrected chi connectivity index (χ3v) is 4.22. The molecular weight excluding hydrogens is 226 g/mol. The fraction of sp³-hybridized carbons (Fsp3) is 0.929. The number of nitrogens with zero attached hydrogens (tertiary/aromatic N) is 1. The van der Waals surface area contributed by atoms with Gasteiger partial charge in [-0.25, -0.2) is 4.79 Å². The van der Waals surface area contributed by atoms with Crippen molar-refractivity contribution < 1.29 is 4.79 Å². The number of likely N-dealkylation sites (tertiary alicyclic amines) is 1. The highest BCUT2D eigenvalue weighted by Crippen LogP contribution is 2.24. The molecule has 18 heavy (non-hydrogen) atoms. The van der Waals surface area contributed by atoms with Gasteiger partial charge in [0.05, 0.1) is 0 Å². The van der Waals surface area contributed by atoms with E-state index in [1.165, 1.54) is 19.3 Å². The van der Waals surface area contributed by atoms with Crippen LogP contribution >= 0.6 is 0 Å². The third-order valence-electron chi connectivity index (χ3n) is 4.22. The molecular formula is C14H27N3O. The van der Waals surface area contributed by atoms with Crippen LogP contribution in [0.2, 0.25) is 0 Å². The van der Waals surface area contributed by atoms with Crippen molar-refractivity contribution in [3.05, 3.63) is 0 Å². The Morgan fingerprint density at radius 2 is 2.28 bits per heavy atom. The van der Waals surface area contributed by atoms with E-state index in [4.69, 9.17) is 0 Å². The number of piperidine rings is 1. The molecule has 2 rings (SSSR count). The van der Waals surface area contributed by atoms with Crippen molar-refractivity contribution in [3.8, 4) is 0 Å². The minimum Gasteiger partial charge on any atom is -0.338 e. The summed E-state index contributed by atoms with van der Waals surface area (Å²) in [6.45, 7) is 5.99. The van der Waals surface area contributed by atoms with Gasteiger partial charge in [-0.2, -0.15) is 0 Å². The molecule has 2 heterocycles. The van der Waals surface area contributed by atoms with Gasteiger partial charge >= 0.3 is 6.03 Å². The van der Waals surface area contributed by atoms with Gasteiger partial charge in [-0.1, -0.05) is 13.3 Å². The number of hydrogen-bond donors (Lipinski definition) is 2. The fourth-order valence-corrected chi connectivity index (χ4v) is 3.12. The zero-order valence-corrected chi connectivity index (χ0v) is 11.6. The minimum absolute atomic E-state index is 0.145. The van der Waals surface area contributed by atoms with Crippen molar-refractivity contribution in [2.75, 3.05) is 26.2 Å². The first kappa shape index (κ1) is 13.7. The second-order valence-corrected chi connectivity index (χ2v) is 5.64. The molecule has 104 valence electrons. The van der Waals surface area contributed by atoms with E-state index in [1.807, 2.05) is 4.90 Å². The SMILES string of the molecule is CCCCNC(=O)N1CCCC(C2CCCN2)C1. The van der Waals surface area contributed by atoms with E-state index in [-0.39, 0.29) is 6.03 Å². The zero-order chi connectivity index (χ0) is 12.8. The molecule has 2 N–H and O–H groups in total. The maximum Gasteiger partial charge on any atom is 0.317 e. The van der Waals surface area contributed by atoms with Crippen molar-refractivity contribution in [3.63, 3.8) is 0 Å². The molecule has 2 aliphatic heterocycles. The lowest BCUT2D eigenvalue weighted by Crippen LogP contribution is -2.49. The van der Waals surface area contributed by atoms with Crippen LogP contribution in [0.5, 0.6) is 0 Å². The first-order valence-electron chi connectivity index (χ1n) is 7.57. The number of carbonyl (C=O) groups is 1. The number of rotatable bonds is 4. The molecule has 0 bridgehead atoms. The van der Waals surface area contributed by atoms with Crippen LogP contribution in [-0.4, -0.2) is 43.2 Å². The Kier molecular flexibility index (Phi) is 5.29. The van der Waals surface area contributed by atoms with E-state index in [1.54, 1.807) is 0 Å². The number of hydrogen-bond acceptors (Lipinski definition) is 2. The number of nitrogens with one attached hydrogen (secondary N) is 2. The van der Waals surface area contributed by atoms with Crippen LogP contribution in [0.1, 0.15) is 45.4 Å². The molecule has 0 radical (unpaired) electrons. The van der Waals surface area contributed by atoms with Gasteiger partial charge in [-0.15, -0.1) is 0 Å². The van der Waals surface area contributed by atoms with Crippen molar-refractivity contribution >= 4 is 6.03 Å². The summed E-state index contributed by atoms with van der Waals surface area (Å²) < 4.78 is 0. The molecule has 2 saturated heterocycles. The smallest absolute Gasteiger partial charge is 0.317 e. The Balaban J connectivity index is 1.76. The Morgan fingerprint density at radius 1 is 1.39 bits per heavy atom. The van der Waals surface area contributed by atoms with Crippen molar-refractivity contribution in [1.29, 1.82) is 0 Å². The number of carbonyl (C=O) groups excluding carboxylic acids is 1. The van der Waals surface area contributed by atoms with Crippen LogP contribution in [0.25, 0.3) is 0 Å². The molecule has 0 aromatic rings. The second kappa shape index (κ2) is 6.98. The Labute approximate surface area is 110 Å². The summed E-state index contributed by atoms with van der Waals surface area (Å²) in [5.41, 5.74) is 0. The lowest BCUT2D eigenvalue weighted by Gasteiger charge is -2.35. The van der Waals surface area contributed by atoms with Crippen LogP contribution < -0.4 is 10.6 Å². The average Bonchev–Trinajstić information content (AvgIpc) is 2.93. The van der Waals surface area contributed by atoms with Gasteiger partial charge in [0.15, 0.2) is 0 Å². The van der Waals surface area contributed by atoms with E-state index in [0.717, 1.165) is 45.4 Å². The van der Waals surface area contributed by atoms with Crippen molar-refractivity contribution in [2.45, 2.75) is 51.5 Å². The summed E-state index contributed by atoms with van der Waals surface area (Å²) >= 11 is 0. The van der Waals surface area contributed by atoms with E-state index in [0.29, 0.717) is 12.0 Å². The molecule has 2 aliphatic rings. The monoisotopic (exact) mass is 253 g/mol.